The van der Waals surface area contributed by atoms with Crippen LogP contribution in [0, 0.1) is 5.92 Å². The third-order valence-electron chi connectivity index (χ3n) is 7.38. The molecule has 2 atom stereocenters. The second-order valence-electron chi connectivity index (χ2n) is 12.7. The van der Waals surface area contributed by atoms with Crippen molar-refractivity contribution in [3.63, 3.8) is 0 Å². The van der Waals surface area contributed by atoms with Crippen LogP contribution in [0.2, 0.25) is 0 Å². The van der Waals surface area contributed by atoms with Gasteiger partial charge in [0.1, 0.15) is 11.6 Å². The van der Waals surface area contributed by atoms with Crippen LogP contribution in [0.25, 0.3) is 0 Å². The van der Waals surface area contributed by atoms with Gasteiger partial charge in [-0.15, -0.1) is 0 Å². The fraction of sp³-hybridized carbons (Fsp3) is 0.769. The number of amides is 2. The number of carbonyl (C=O) groups excluding carboxylic acids is 2. The van der Waals surface area contributed by atoms with E-state index in [4.69, 9.17) is 14.0 Å². The van der Waals surface area contributed by atoms with Crippen LogP contribution in [-0.4, -0.2) is 83.6 Å². The van der Waals surface area contributed by atoms with Crippen molar-refractivity contribution >= 4 is 34.4 Å². The van der Waals surface area contributed by atoms with E-state index in [1.807, 2.05) is 41.5 Å². The van der Waals surface area contributed by atoms with Crippen molar-refractivity contribution < 1.29 is 32.1 Å². The van der Waals surface area contributed by atoms with E-state index >= 15 is 0 Å². The zero-order chi connectivity index (χ0) is 29.4. The summed E-state index contributed by atoms with van der Waals surface area (Å²) in [5, 5.41) is 2.37. The van der Waals surface area contributed by atoms with Crippen LogP contribution in [0.4, 0.5) is 4.79 Å². The van der Waals surface area contributed by atoms with Gasteiger partial charge in [0.15, 0.2) is 0 Å². The van der Waals surface area contributed by atoms with Gasteiger partial charge in [-0.3, -0.25) is 4.79 Å². The summed E-state index contributed by atoms with van der Waals surface area (Å²) in [6.07, 6.45) is 4.19. The molecule has 1 aromatic rings. The summed E-state index contributed by atoms with van der Waals surface area (Å²) in [4.78, 5) is 35.8. The van der Waals surface area contributed by atoms with Gasteiger partial charge in [-0.05, 0) is 73.6 Å². The first-order valence-corrected chi connectivity index (χ1v) is 15.2. The molecule has 0 unspecified atom stereocenters. The Balaban J connectivity index is 1.74. The standard InChI is InChI=1S/C26H43BN4O7S/c1-17(2)20(30-23(33)36-24(3,4)5)21(32)31-13-11-10-12-19(31)16-39(34,35)22-28-14-18(15-29-22)27-37-25(6,7)26(8,9)38-27/h14-15,17,19-20H,10-13,16H2,1-9H3,(H,30,33)/t19-,20+/m0/s1. The number of sulfone groups is 1. The Morgan fingerprint density at radius 2 is 1.69 bits per heavy atom. The fourth-order valence-corrected chi connectivity index (χ4v) is 5.93. The largest absolute Gasteiger partial charge is 0.498 e. The number of rotatable bonds is 7. The van der Waals surface area contributed by atoms with Crippen LogP contribution in [0.1, 0.15) is 81.6 Å². The van der Waals surface area contributed by atoms with Gasteiger partial charge < -0.3 is 24.3 Å². The van der Waals surface area contributed by atoms with Crippen molar-refractivity contribution in [2.75, 3.05) is 12.3 Å². The molecule has 3 rings (SSSR count). The normalized spacial score (nSPS) is 22.1. The molecular formula is C26H43BN4O7S. The monoisotopic (exact) mass is 566 g/mol. The maximum Gasteiger partial charge on any atom is 0.498 e. The summed E-state index contributed by atoms with van der Waals surface area (Å²) in [6, 6.07) is -1.41. The first-order valence-electron chi connectivity index (χ1n) is 13.5. The zero-order valence-corrected chi connectivity index (χ0v) is 25.4. The topological polar surface area (TPSA) is 137 Å². The lowest BCUT2D eigenvalue weighted by Crippen LogP contribution is -2.57. The van der Waals surface area contributed by atoms with Gasteiger partial charge in [-0.2, -0.15) is 0 Å². The van der Waals surface area contributed by atoms with Gasteiger partial charge in [0, 0.05) is 30.4 Å². The maximum atomic E-state index is 13.6. The van der Waals surface area contributed by atoms with Crippen molar-refractivity contribution in [2.45, 2.75) is 116 Å². The molecule has 2 fully saturated rings. The molecule has 1 aromatic heterocycles. The van der Waals surface area contributed by atoms with Crippen molar-refractivity contribution in [1.29, 1.82) is 0 Å². The highest BCUT2D eigenvalue weighted by Crippen LogP contribution is 2.36. The van der Waals surface area contributed by atoms with E-state index in [1.54, 1.807) is 25.7 Å². The summed E-state index contributed by atoms with van der Waals surface area (Å²) in [5.74, 6) is -0.867. The molecule has 3 heterocycles. The number of nitrogens with zero attached hydrogens (tertiary/aromatic N) is 3. The molecule has 2 aliphatic rings. The van der Waals surface area contributed by atoms with Crippen LogP contribution >= 0.6 is 0 Å². The minimum Gasteiger partial charge on any atom is -0.444 e. The predicted octanol–water partition coefficient (Wildman–Crippen LogP) is 2.48. The van der Waals surface area contributed by atoms with Crippen LogP contribution in [-0.2, 0) is 28.7 Å². The number of hydrogen-bond donors (Lipinski definition) is 1. The van der Waals surface area contributed by atoms with Crippen molar-refractivity contribution in [1.82, 2.24) is 20.2 Å². The number of ether oxygens (including phenoxy) is 1. The molecule has 13 heteroatoms. The minimum absolute atomic E-state index is 0.227. The van der Waals surface area contributed by atoms with Crippen molar-refractivity contribution in [3.8, 4) is 0 Å². The highest BCUT2D eigenvalue weighted by atomic mass is 32.2. The van der Waals surface area contributed by atoms with Crippen LogP contribution in [0.5, 0.6) is 0 Å². The quantitative estimate of drug-likeness (QED) is 0.390. The summed E-state index contributed by atoms with van der Waals surface area (Å²) < 4.78 is 44.0. The summed E-state index contributed by atoms with van der Waals surface area (Å²) in [7, 11) is -4.62. The number of alkyl carbamates (subject to hydrolysis) is 1. The molecular weight excluding hydrogens is 523 g/mol. The number of aromatic nitrogens is 2. The van der Waals surface area contributed by atoms with Gasteiger partial charge in [0.2, 0.25) is 20.9 Å². The predicted molar refractivity (Wildman–Crippen MR) is 147 cm³/mol. The molecule has 0 aromatic carbocycles. The Kier molecular flexibility index (Phi) is 9.08. The molecule has 218 valence electrons. The molecule has 0 saturated carbocycles. The van der Waals surface area contributed by atoms with Crippen LogP contribution in [0.15, 0.2) is 17.6 Å². The number of hydrogen-bond acceptors (Lipinski definition) is 9. The van der Waals surface area contributed by atoms with Gasteiger partial charge in [0.25, 0.3) is 0 Å². The molecule has 2 saturated heterocycles. The molecule has 2 aliphatic heterocycles. The Morgan fingerprint density at radius 3 is 2.21 bits per heavy atom. The Labute approximate surface area is 232 Å². The second kappa shape index (κ2) is 11.3. The lowest BCUT2D eigenvalue weighted by molar-refractivity contribution is -0.137. The second-order valence-corrected chi connectivity index (χ2v) is 14.6. The van der Waals surface area contributed by atoms with E-state index in [9.17, 15) is 18.0 Å². The summed E-state index contributed by atoms with van der Waals surface area (Å²) in [6.45, 7) is 17.0. The van der Waals surface area contributed by atoms with E-state index in [1.165, 1.54) is 12.4 Å². The van der Waals surface area contributed by atoms with E-state index < -0.39 is 51.9 Å². The van der Waals surface area contributed by atoms with Crippen molar-refractivity contribution in [3.05, 3.63) is 12.4 Å². The minimum atomic E-state index is -3.92. The molecule has 0 spiro atoms. The lowest BCUT2D eigenvalue weighted by atomic mass is 9.81. The third-order valence-corrected chi connectivity index (χ3v) is 8.97. The average molecular weight is 567 g/mol. The van der Waals surface area contributed by atoms with Crippen LogP contribution < -0.4 is 10.8 Å². The fourth-order valence-electron chi connectivity index (χ4n) is 4.51. The number of nitrogens with one attached hydrogen (secondary N) is 1. The van der Waals surface area contributed by atoms with E-state index in [-0.39, 0.29) is 22.7 Å². The van der Waals surface area contributed by atoms with Crippen LogP contribution in [0.3, 0.4) is 0 Å². The van der Waals surface area contributed by atoms with Crippen molar-refractivity contribution in [2.24, 2.45) is 5.92 Å². The number of carbonyl (C=O) groups is 2. The average Bonchev–Trinajstić information content (AvgIpc) is 3.02. The number of piperidine rings is 1. The molecule has 1 N–H and O–H groups in total. The van der Waals surface area contributed by atoms with Gasteiger partial charge >= 0.3 is 13.2 Å². The first kappa shape index (κ1) is 31.3. The van der Waals surface area contributed by atoms with Gasteiger partial charge in [-0.25, -0.2) is 23.2 Å². The highest BCUT2D eigenvalue weighted by Gasteiger charge is 2.52. The lowest BCUT2D eigenvalue weighted by Gasteiger charge is -2.38. The van der Waals surface area contributed by atoms with Gasteiger partial charge in [-0.1, -0.05) is 13.8 Å². The Hall–Kier alpha value is -2.25. The van der Waals surface area contributed by atoms with E-state index in [2.05, 4.69) is 15.3 Å². The smallest absolute Gasteiger partial charge is 0.444 e. The summed E-state index contributed by atoms with van der Waals surface area (Å²) in [5.41, 5.74) is -1.29. The molecule has 0 aliphatic carbocycles. The summed E-state index contributed by atoms with van der Waals surface area (Å²) >= 11 is 0. The zero-order valence-electron chi connectivity index (χ0n) is 24.6. The Bertz CT molecular complexity index is 1130. The number of likely N-dealkylation sites (tertiary alicyclic amines) is 1. The Morgan fingerprint density at radius 1 is 1.13 bits per heavy atom. The van der Waals surface area contributed by atoms with Gasteiger partial charge in [0.05, 0.1) is 17.0 Å². The maximum absolute atomic E-state index is 13.6. The third kappa shape index (κ3) is 7.49. The molecule has 11 nitrogen and oxygen atoms in total. The first-order chi connectivity index (χ1) is 17.8. The van der Waals surface area contributed by atoms with E-state index in [0.717, 1.165) is 12.8 Å². The molecule has 0 bridgehead atoms. The molecule has 0 radical (unpaired) electrons. The van der Waals surface area contributed by atoms with E-state index in [0.29, 0.717) is 18.4 Å². The highest BCUT2D eigenvalue weighted by molar-refractivity contribution is 7.91. The molecule has 39 heavy (non-hydrogen) atoms. The molecule has 2 amide bonds. The SMILES string of the molecule is CC(C)[C@@H](NC(=O)OC(C)(C)C)C(=O)N1CCCC[C@H]1CS(=O)(=O)c1ncc(B2OC(C)(C)C(C)(C)O2)cn1.